The monoisotopic (exact) mass is 1030 g/mol. The number of rotatable bonds is 61. The Balaban J connectivity index is 3.45. The van der Waals surface area contributed by atoms with E-state index in [-0.39, 0.29) is 18.5 Å². The van der Waals surface area contributed by atoms with Crippen molar-refractivity contribution < 1.29 is 24.5 Å². The number of carbonyl (C=O) groups is 2. The number of unbranched alkanes of at least 4 members (excludes halogenated alkanes) is 46. The lowest BCUT2D eigenvalue weighted by atomic mass is 10.0. The molecule has 0 aliphatic carbocycles. The van der Waals surface area contributed by atoms with Crippen molar-refractivity contribution in [1.82, 2.24) is 5.32 Å². The average Bonchev–Trinajstić information content (AvgIpc) is 3.39. The second-order valence-electron chi connectivity index (χ2n) is 22.5. The summed E-state index contributed by atoms with van der Waals surface area (Å²) >= 11 is 0. The van der Waals surface area contributed by atoms with Crippen LogP contribution in [-0.2, 0) is 14.3 Å². The first kappa shape index (κ1) is 71.1. The molecule has 0 fully saturated rings. The first-order chi connectivity index (χ1) is 36.0. The molecular weight excluding hydrogens is 899 g/mol. The molecule has 0 aromatic rings. The van der Waals surface area contributed by atoms with Crippen molar-refractivity contribution in [2.75, 3.05) is 13.2 Å². The number of allylic oxidation sites excluding steroid dienone is 5. The van der Waals surface area contributed by atoms with Crippen LogP contribution in [0.3, 0.4) is 0 Å². The summed E-state index contributed by atoms with van der Waals surface area (Å²) in [6.45, 7) is 4.89. The summed E-state index contributed by atoms with van der Waals surface area (Å²) in [6, 6.07) is -0.633. The Bertz CT molecular complexity index is 1180. The summed E-state index contributed by atoms with van der Waals surface area (Å²) in [5.41, 5.74) is 0. The van der Waals surface area contributed by atoms with Gasteiger partial charge in [0.15, 0.2) is 0 Å². The first-order valence-electron chi connectivity index (χ1n) is 32.8. The predicted octanol–water partition coefficient (Wildman–Crippen LogP) is 20.8. The van der Waals surface area contributed by atoms with E-state index >= 15 is 0 Å². The molecule has 6 heteroatoms. The number of esters is 1. The minimum atomic E-state index is -0.849. The highest BCUT2D eigenvalue weighted by Gasteiger charge is 2.18. The largest absolute Gasteiger partial charge is 0.466 e. The van der Waals surface area contributed by atoms with Crippen LogP contribution < -0.4 is 5.32 Å². The lowest BCUT2D eigenvalue weighted by Gasteiger charge is -2.20. The third kappa shape index (κ3) is 59.2. The van der Waals surface area contributed by atoms with E-state index in [1.54, 1.807) is 6.08 Å². The van der Waals surface area contributed by atoms with Gasteiger partial charge in [-0.3, -0.25) is 9.59 Å². The van der Waals surface area contributed by atoms with Crippen LogP contribution in [0.25, 0.3) is 0 Å². The smallest absolute Gasteiger partial charge is 0.305 e. The molecule has 430 valence electrons. The molecule has 3 N–H and O–H groups in total. The summed E-state index contributed by atoms with van der Waals surface area (Å²) in [5.74, 6) is -0.0762. The Labute approximate surface area is 455 Å². The lowest BCUT2D eigenvalue weighted by Crippen LogP contribution is -2.45. The van der Waals surface area contributed by atoms with Gasteiger partial charge < -0.3 is 20.3 Å². The zero-order valence-corrected chi connectivity index (χ0v) is 49.1. The highest BCUT2D eigenvalue weighted by molar-refractivity contribution is 5.76. The number of hydrogen-bond donors (Lipinski definition) is 3. The van der Waals surface area contributed by atoms with Gasteiger partial charge in [0.2, 0.25) is 5.91 Å². The van der Waals surface area contributed by atoms with Crippen LogP contribution in [0, 0.1) is 0 Å². The summed E-state index contributed by atoms with van der Waals surface area (Å²) in [5, 5.41) is 23.2. The Hall–Kier alpha value is -1.92. The third-order valence-corrected chi connectivity index (χ3v) is 15.2. The van der Waals surface area contributed by atoms with Crippen molar-refractivity contribution in [1.29, 1.82) is 0 Å². The summed E-state index contributed by atoms with van der Waals surface area (Å²) in [4.78, 5) is 24.6. The maximum atomic E-state index is 12.5. The zero-order valence-electron chi connectivity index (χ0n) is 49.1. The molecule has 1 amide bonds. The number of aliphatic hydroxyl groups is 2. The van der Waals surface area contributed by atoms with Crippen LogP contribution >= 0.6 is 0 Å². The lowest BCUT2D eigenvalue weighted by molar-refractivity contribution is -0.143. The van der Waals surface area contributed by atoms with Gasteiger partial charge in [-0.25, -0.2) is 0 Å². The summed E-state index contributed by atoms with van der Waals surface area (Å²) < 4.78 is 5.48. The Morgan fingerprint density at radius 1 is 0.384 bits per heavy atom. The fourth-order valence-electron chi connectivity index (χ4n) is 10.1. The van der Waals surface area contributed by atoms with E-state index in [9.17, 15) is 19.8 Å². The van der Waals surface area contributed by atoms with Crippen LogP contribution in [0.1, 0.15) is 354 Å². The molecule has 0 heterocycles. The number of nitrogens with one attached hydrogen (secondary N) is 1. The van der Waals surface area contributed by atoms with Gasteiger partial charge in [0, 0.05) is 12.8 Å². The summed E-state index contributed by atoms with van der Waals surface area (Å²) in [6.07, 6.45) is 79.0. The molecule has 0 spiro atoms. The van der Waals surface area contributed by atoms with Crippen LogP contribution in [0.5, 0.6) is 0 Å². The quantitative estimate of drug-likeness (QED) is 0.0320. The van der Waals surface area contributed by atoms with E-state index in [0.717, 1.165) is 51.4 Å². The molecule has 0 saturated carbocycles. The minimum absolute atomic E-state index is 0.00703. The maximum absolute atomic E-state index is 12.5. The molecule has 0 saturated heterocycles. The van der Waals surface area contributed by atoms with Gasteiger partial charge >= 0.3 is 5.97 Å². The van der Waals surface area contributed by atoms with E-state index in [0.29, 0.717) is 19.4 Å². The minimum Gasteiger partial charge on any atom is -0.466 e. The van der Waals surface area contributed by atoms with Crippen LogP contribution in [0.2, 0.25) is 0 Å². The molecule has 2 unspecified atom stereocenters. The number of hydrogen-bond acceptors (Lipinski definition) is 5. The maximum Gasteiger partial charge on any atom is 0.305 e. The molecule has 0 aliphatic heterocycles. The van der Waals surface area contributed by atoms with Crippen molar-refractivity contribution in [2.45, 2.75) is 366 Å². The van der Waals surface area contributed by atoms with Crippen molar-refractivity contribution in [3.8, 4) is 0 Å². The molecule has 2 atom stereocenters. The third-order valence-electron chi connectivity index (χ3n) is 15.2. The van der Waals surface area contributed by atoms with Gasteiger partial charge in [-0.05, 0) is 64.2 Å². The molecule has 6 nitrogen and oxygen atoms in total. The fraction of sp³-hybridized carbons (Fsp3) is 0.881. The Kier molecular flexibility index (Phi) is 61.0. The van der Waals surface area contributed by atoms with E-state index in [4.69, 9.17) is 4.74 Å². The molecular formula is C67H127NO5. The van der Waals surface area contributed by atoms with Gasteiger partial charge in [-0.15, -0.1) is 0 Å². The van der Waals surface area contributed by atoms with Gasteiger partial charge in [-0.2, -0.15) is 0 Å². The van der Waals surface area contributed by atoms with Crippen molar-refractivity contribution in [3.05, 3.63) is 36.5 Å². The SMILES string of the molecule is CCCCC/C=C\C/C=C\CCCCCCCC(=O)OCCCCCCCCCCCCCCCCCCCCC(=O)NC(CO)C(O)/C=C/CCCCCCCCCCCCCCCCCCCCCCC. The van der Waals surface area contributed by atoms with Gasteiger partial charge in [0.05, 0.1) is 25.4 Å². The van der Waals surface area contributed by atoms with Gasteiger partial charge in [0.25, 0.3) is 0 Å². The van der Waals surface area contributed by atoms with Crippen LogP contribution in [0.15, 0.2) is 36.5 Å². The van der Waals surface area contributed by atoms with E-state index < -0.39 is 12.1 Å². The van der Waals surface area contributed by atoms with Crippen LogP contribution in [-0.4, -0.2) is 47.4 Å². The number of aliphatic hydroxyl groups excluding tert-OH is 2. The molecule has 0 aliphatic rings. The van der Waals surface area contributed by atoms with Gasteiger partial charge in [-0.1, -0.05) is 314 Å². The van der Waals surface area contributed by atoms with Crippen LogP contribution in [0.4, 0.5) is 0 Å². The molecule has 0 radical (unpaired) electrons. The average molecular weight is 1030 g/mol. The highest BCUT2D eigenvalue weighted by Crippen LogP contribution is 2.18. The standard InChI is InChI=1S/C67H127NO5/c1-3-5-7-9-11-13-15-17-19-20-21-22-23-24-25-28-32-35-39-43-47-51-55-59-65(70)64(63-69)68-66(71)60-56-52-48-44-40-36-33-29-26-27-30-34-38-42-46-50-54-58-62-73-67(72)61-57-53-49-45-41-37-31-18-16-14-12-10-8-6-4-2/h12,14,18,31,55,59,64-65,69-70H,3-11,13,15-17,19-30,32-54,56-58,60-63H2,1-2H3,(H,68,71)/b14-12-,31-18-,59-55+. The summed E-state index contributed by atoms with van der Waals surface area (Å²) in [7, 11) is 0. The second-order valence-corrected chi connectivity index (χ2v) is 22.5. The molecule has 73 heavy (non-hydrogen) atoms. The normalized spacial score (nSPS) is 12.8. The van der Waals surface area contributed by atoms with E-state index in [1.807, 2.05) is 6.08 Å². The van der Waals surface area contributed by atoms with E-state index in [1.165, 1.54) is 276 Å². The molecule has 0 bridgehead atoms. The Morgan fingerprint density at radius 2 is 0.685 bits per heavy atom. The zero-order chi connectivity index (χ0) is 52.9. The predicted molar refractivity (Wildman–Crippen MR) is 319 cm³/mol. The Morgan fingerprint density at radius 3 is 1.07 bits per heavy atom. The van der Waals surface area contributed by atoms with Crippen molar-refractivity contribution in [2.24, 2.45) is 0 Å². The van der Waals surface area contributed by atoms with Gasteiger partial charge in [0.1, 0.15) is 0 Å². The molecule has 0 rings (SSSR count). The second kappa shape index (κ2) is 62.6. The highest BCUT2D eigenvalue weighted by atomic mass is 16.5. The number of amides is 1. The van der Waals surface area contributed by atoms with Crippen molar-refractivity contribution in [3.63, 3.8) is 0 Å². The molecule has 0 aromatic carbocycles. The number of carbonyl (C=O) groups excluding carboxylic acids is 2. The molecule has 0 aromatic heterocycles. The fourth-order valence-corrected chi connectivity index (χ4v) is 10.1. The topological polar surface area (TPSA) is 95.9 Å². The van der Waals surface area contributed by atoms with E-state index in [2.05, 4.69) is 43.5 Å². The number of ether oxygens (including phenoxy) is 1. The first-order valence-corrected chi connectivity index (χ1v) is 32.8. The van der Waals surface area contributed by atoms with Crippen molar-refractivity contribution >= 4 is 11.9 Å².